The van der Waals surface area contributed by atoms with Crippen molar-refractivity contribution < 1.29 is 4.79 Å². The van der Waals surface area contributed by atoms with Crippen molar-refractivity contribution in [2.75, 3.05) is 19.6 Å². The van der Waals surface area contributed by atoms with Gasteiger partial charge in [-0.25, -0.2) is 0 Å². The van der Waals surface area contributed by atoms with E-state index >= 15 is 0 Å². The highest BCUT2D eigenvalue weighted by atomic mass is 16.1. The highest BCUT2D eigenvalue weighted by Crippen LogP contribution is 2.14. The first-order valence-electron chi connectivity index (χ1n) is 14.5. The molecule has 0 saturated carbocycles. The summed E-state index contributed by atoms with van der Waals surface area (Å²) in [5.41, 5.74) is 0. The van der Waals surface area contributed by atoms with Crippen LogP contribution in [0.5, 0.6) is 0 Å². The van der Waals surface area contributed by atoms with Crippen molar-refractivity contribution in [1.29, 1.82) is 0 Å². The molecule has 0 aliphatic carbocycles. The molecule has 0 aliphatic rings. The molecular weight excluding hydrogens is 378 g/mol. The van der Waals surface area contributed by atoms with Crippen molar-refractivity contribution in [3.8, 4) is 0 Å². The van der Waals surface area contributed by atoms with Crippen LogP contribution in [-0.2, 0) is 4.79 Å². The number of rotatable bonds is 26. The maximum atomic E-state index is 12.2. The molecule has 0 spiro atoms. The van der Waals surface area contributed by atoms with Crippen molar-refractivity contribution >= 4 is 5.78 Å². The Labute approximate surface area is 197 Å². The Balaban J connectivity index is 3.38. The Morgan fingerprint density at radius 3 is 1.16 bits per heavy atom. The molecule has 0 aromatic rings. The summed E-state index contributed by atoms with van der Waals surface area (Å²) in [7, 11) is 0. The molecule has 0 saturated heterocycles. The molecule has 0 bridgehead atoms. The van der Waals surface area contributed by atoms with E-state index in [1.807, 2.05) is 0 Å². The van der Waals surface area contributed by atoms with Gasteiger partial charge >= 0.3 is 0 Å². The lowest BCUT2D eigenvalue weighted by atomic mass is 10.0. The fourth-order valence-electron chi connectivity index (χ4n) is 4.42. The van der Waals surface area contributed by atoms with Crippen molar-refractivity contribution in [3.05, 3.63) is 0 Å². The first-order valence-corrected chi connectivity index (χ1v) is 14.5. The number of Topliss-reactive ketones (excluding diaryl/α,β-unsaturated/α-hetero) is 1. The van der Waals surface area contributed by atoms with Gasteiger partial charge in [-0.2, -0.15) is 0 Å². The zero-order chi connectivity index (χ0) is 22.8. The van der Waals surface area contributed by atoms with Crippen LogP contribution in [0.3, 0.4) is 0 Å². The summed E-state index contributed by atoms with van der Waals surface area (Å²) in [5, 5.41) is 0. The van der Waals surface area contributed by atoms with E-state index in [9.17, 15) is 4.79 Å². The summed E-state index contributed by atoms with van der Waals surface area (Å²) in [4.78, 5) is 14.7. The van der Waals surface area contributed by atoms with E-state index in [1.165, 1.54) is 129 Å². The molecule has 0 aromatic heterocycles. The summed E-state index contributed by atoms with van der Waals surface area (Å²) < 4.78 is 0. The number of carbonyl (C=O) groups excluding carboxylic acids is 1. The van der Waals surface area contributed by atoms with Gasteiger partial charge in [0, 0.05) is 12.8 Å². The monoisotopic (exact) mass is 437 g/mol. The minimum Gasteiger partial charge on any atom is -0.303 e. The molecule has 0 amide bonds. The number of hydrogen-bond donors (Lipinski definition) is 0. The Morgan fingerprint density at radius 2 is 0.742 bits per heavy atom. The van der Waals surface area contributed by atoms with E-state index in [0.29, 0.717) is 5.78 Å². The zero-order valence-electron chi connectivity index (χ0n) is 22.0. The van der Waals surface area contributed by atoms with Gasteiger partial charge in [0.2, 0.25) is 0 Å². The van der Waals surface area contributed by atoms with Crippen LogP contribution in [0, 0.1) is 0 Å². The molecule has 186 valence electrons. The maximum Gasteiger partial charge on any atom is 0.132 e. The number of ketones is 1. The molecule has 2 heteroatoms. The van der Waals surface area contributed by atoms with Crippen LogP contribution >= 0.6 is 0 Å². The molecule has 0 radical (unpaired) electrons. The van der Waals surface area contributed by atoms with Gasteiger partial charge in [0.1, 0.15) is 5.78 Å². The molecule has 0 atom stereocenters. The number of carbonyl (C=O) groups is 1. The lowest BCUT2D eigenvalue weighted by molar-refractivity contribution is -0.119. The second kappa shape index (κ2) is 25.9. The van der Waals surface area contributed by atoms with E-state index in [0.717, 1.165) is 32.2 Å². The topological polar surface area (TPSA) is 20.3 Å². The average molecular weight is 438 g/mol. The molecule has 0 heterocycles. The van der Waals surface area contributed by atoms with Gasteiger partial charge in [0.25, 0.3) is 0 Å². The van der Waals surface area contributed by atoms with Gasteiger partial charge in [-0.15, -0.1) is 0 Å². The molecular formula is C29H59NO. The highest BCUT2D eigenvalue weighted by Gasteiger charge is 2.06. The SMILES string of the molecule is CCCCCCCCCCCCCCCCCC(=O)CCCN(CCCC)CCCC. The van der Waals surface area contributed by atoms with E-state index < -0.39 is 0 Å². The van der Waals surface area contributed by atoms with Gasteiger partial charge in [-0.3, -0.25) is 4.79 Å². The van der Waals surface area contributed by atoms with E-state index in [1.54, 1.807) is 0 Å². The Morgan fingerprint density at radius 1 is 0.419 bits per heavy atom. The number of nitrogens with zero attached hydrogens (tertiary/aromatic N) is 1. The van der Waals surface area contributed by atoms with Gasteiger partial charge in [0.15, 0.2) is 0 Å². The summed E-state index contributed by atoms with van der Waals surface area (Å²) in [6.45, 7) is 10.4. The lowest BCUT2D eigenvalue weighted by Crippen LogP contribution is -2.27. The Kier molecular flexibility index (Phi) is 25.6. The molecule has 0 fully saturated rings. The molecule has 2 nitrogen and oxygen atoms in total. The fraction of sp³-hybridized carbons (Fsp3) is 0.966. The van der Waals surface area contributed by atoms with Crippen molar-refractivity contribution in [3.63, 3.8) is 0 Å². The van der Waals surface area contributed by atoms with Crippen LogP contribution in [0.15, 0.2) is 0 Å². The molecule has 0 aromatic carbocycles. The summed E-state index contributed by atoms with van der Waals surface area (Å²) >= 11 is 0. The van der Waals surface area contributed by atoms with Gasteiger partial charge in [-0.05, 0) is 45.3 Å². The predicted molar refractivity (Wildman–Crippen MR) is 140 cm³/mol. The molecule has 0 rings (SSSR count). The van der Waals surface area contributed by atoms with Crippen molar-refractivity contribution in [1.82, 2.24) is 4.90 Å². The van der Waals surface area contributed by atoms with Gasteiger partial charge in [-0.1, -0.05) is 124 Å². The van der Waals surface area contributed by atoms with Gasteiger partial charge < -0.3 is 4.90 Å². The largest absolute Gasteiger partial charge is 0.303 e. The second-order valence-electron chi connectivity index (χ2n) is 9.89. The van der Waals surface area contributed by atoms with Crippen LogP contribution in [-0.4, -0.2) is 30.3 Å². The predicted octanol–water partition coefficient (Wildman–Crippen LogP) is 9.50. The minimum atomic E-state index is 0.501. The van der Waals surface area contributed by atoms with Crippen LogP contribution in [0.4, 0.5) is 0 Å². The third-order valence-corrected chi connectivity index (χ3v) is 6.64. The smallest absolute Gasteiger partial charge is 0.132 e. The van der Waals surface area contributed by atoms with Crippen LogP contribution in [0.25, 0.3) is 0 Å². The number of hydrogen-bond acceptors (Lipinski definition) is 2. The molecule has 0 N–H and O–H groups in total. The van der Waals surface area contributed by atoms with Crippen LogP contribution < -0.4 is 0 Å². The quantitative estimate of drug-likeness (QED) is 0.126. The Hall–Kier alpha value is -0.370. The van der Waals surface area contributed by atoms with E-state index in [2.05, 4.69) is 25.7 Å². The maximum absolute atomic E-state index is 12.2. The highest BCUT2D eigenvalue weighted by molar-refractivity contribution is 5.78. The van der Waals surface area contributed by atoms with E-state index in [4.69, 9.17) is 0 Å². The minimum absolute atomic E-state index is 0.501. The zero-order valence-corrected chi connectivity index (χ0v) is 22.0. The van der Waals surface area contributed by atoms with Crippen molar-refractivity contribution in [2.45, 2.75) is 162 Å². The van der Waals surface area contributed by atoms with Crippen LogP contribution in [0.2, 0.25) is 0 Å². The fourth-order valence-corrected chi connectivity index (χ4v) is 4.42. The third-order valence-electron chi connectivity index (χ3n) is 6.64. The first-order chi connectivity index (χ1) is 15.2. The third kappa shape index (κ3) is 24.1. The Bertz CT molecular complexity index is 347. The van der Waals surface area contributed by atoms with E-state index in [-0.39, 0.29) is 0 Å². The van der Waals surface area contributed by atoms with Crippen molar-refractivity contribution in [2.24, 2.45) is 0 Å². The van der Waals surface area contributed by atoms with Crippen LogP contribution in [0.1, 0.15) is 162 Å². The number of unbranched alkanes of at least 4 members (excludes halogenated alkanes) is 16. The second-order valence-corrected chi connectivity index (χ2v) is 9.89. The normalized spacial score (nSPS) is 11.5. The molecule has 0 aliphatic heterocycles. The average Bonchev–Trinajstić information content (AvgIpc) is 2.77. The summed E-state index contributed by atoms with van der Waals surface area (Å²) in [6.07, 6.45) is 28.6. The summed E-state index contributed by atoms with van der Waals surface area (Å²) in [5.74, 6) is 0.501. The molecule has 0 unspecified atom stereocenters. The standard InChI is InChI=1S/C29H59NO/c1-4-7-10-11-12-13-14-15-16-17-18-19-20-21-22-24-29(31)25-23-28-30(26-8-5-2)27-9-6-3/h4-28H2,1-3H3. The summed E-state index contributed by atoms with van der Waals surface area (Å²) in [6, 6.07) is 0. The van der Waals surface area contributed by atoms with Gasteiger partial charge in [0.05, 0.1) is 0 Å². The first kappa shape index (κ1) is 30.6. The molecule has 31 heavy (non-hydrogen) atoms. The lowest BCUT2D eigenvalue weighted by Gasteiger charge is -2.21.